The predicted molar refractivity (Wildman–Crippen MR) is 99.8 cm³/mol. The Bertz CT molecular complexity index is 964. The number of nitrogens with two attached hydrogens (primary N) is 1. The summed E-state index contributed by atoms with van der Waals surface area (Å²) >= 11 is 0. The molecule has 0 spiro atoms. The zero-order valence-electron chi connectivity index (χ0n) is 14.5. The number of anilines is 2. The minimum atomic E-state index is 0.254. The number of fused-ring (bicyclic) bond motifs is 1. The molecule has 0 amide bonds. The highest BCUT2D eigenvalue weighted by molar-refractivity contribution is 5.99. The van der Waals surface area contributed by atoms with Gasteiger partial charge in [0.25, 0.3) is 0 Å². The van der Waals surface area contributed by atoms with Gasteiger partial charge in [0, 0.05) is 29.6 Å². The molecule has 0 saturated carbocycles. The van der Waals surface area contributed by atoms with Crippen LogP contribution in [0.1, 0.15) is 24.0 Å². The van der Waals surface area contributed by atoms with Crippen LogP contribution in [0.2, 0.25) is 0 Å². The number of phenols is 1. The van der Waals surface area contributed by atoms with E-state index in [1.807, 2.05) is 26.0 Å². The molecular formula is C19H21N5O. The summed E-state index contributed by atoms with van der Waals surface area (Å²) in [4.78, 5) is 15.8. The van der Waals surface area contributed by atoms with Crippen molar-refractivity contribution in [2.24, 2.45) is 0 Å². The molecule has 4 rings (SSSR count). The maximum absolute atomic E-state index is 10.2. The predicted octanol–water partition coefficient (Wildman–Crippen LogP) is 3.20. The Labute approximate surface area is 146 Å². The lowest BCUT2D eigenvalue weighted by Crippen LogP contribution is -2.19. The fourth-order valence-corrected chi connectivity index (χ4v) is 3.55. The van der Waals surface area contributed by atoms with Crippen molar-refractivity contribution in [1.82, 2.24) is 15.0 Å². The molecule has 3 N–H and O–H groups in total. The molecule has 25 heavy (non-hydrogen) atoms. The average molecular weight is 335 g/mol. The van der Waals surface area contributed by atoms with Gasteiger partial charge in [-0.1, -0.05) is 6.07 Å². The molecule has 0 radical (unpaired) electrons. The molecule has 6 nitrogen and oxygen atoms in total. The molecule has 1 saturated heterocycles. The number of nitrogen functional groups attached to an aromatic ring is 1. The number of benzene rings is 1. The number of aryl methyl sites for hydroxylation is 1. The normalized spacial score (nSPS) is 14.4. The van der Waals surface area contributed by atoms with Gasteiger partial charge in [-0.05, 0) is 44.4 Å². The van der Waals surface area contributed by atoms with Crippen LogP contribution in [0.4, 0.5) is 11.6 Å². The van der Waals surface area contributed by atoms with Gasteiger partial charge in [-0.15, -0.1) is 0 Å². The third-order valence-electron chi connectivity index (χ3n) is 4.95. The first-order chi connectivity index (χ1) is 12.1. The van der Waals surface area contributed by atoms with E-state index >= 15 is 0 Å². The number of pyridine rings is 1. The van der Waals surface area contributed by atoms with E-state index in [1.54, 1.807) is 6.07 Å². The Morgan fingerprint density at radius 1 is 1.12 bits per heavy atom. The van der Waals surface area contributed by atoms with Crippen LogP contribution in [0.3, 0.4) is 0 Å². The van der Waals surface area contributed by atoms with Crippen molar-refractivity contribution < 1.29 is 5.11 Å². The Balaban J connectivity index is 2.06. The standard InChI is InChI=1S/C19H21N5O/c1-11-5-6-14(25)12(2)16(11)18-17-13(19(20)22-10-21-17)9-15(23-18)24-7-3-4-8-24/h5-6,9-10,25H,3-4,7-8H2,1-2H3,(H2,20,21,22). The van der Waals surface area contributed by atoms with E-state index in [9.17, 15) is 5.11 Å². The number of aromatic nitrogens is 3. The first kappa shape index (κ1) is 15.6. The average Bonchev–Trinajstić information content (AvgIpc) is 3.14. The number of hydrogen-bond acceptors (Lipinski definition) is 6. The van der Waals surface area contributed by atoms with Crippen molar-refractivity contribution in [3.8, 4) is 17.0 Å². The van der Waals surface area contributed by atoms with Crippen LogP contribution >= 0.6 is 0 Å². The van der Waals surface area contributed by atoms with Gasteiger partial charge < -0.3 is 15.7 Å². The van der Waals surface area contributed by atoms with Crippen molar-refractivity contribution in [3.63, 3.8) is 0 Å². The van der Waals surface area contributed by atoms with E-state index in [4.69, 9.17) is 10.7 Å². The molecule has 3 heterocycles. The molecule has 0 atom stereocenters. The van der Waals surface area contributed by atoms with E-state index in [2.05, 4.69) is 14.9 Å². The summed E-state index contributed by atoms with van der Waals surface area (Å²) in [5.41, 5.74) is 10.3. The van der Waals surface area contributed by atoms with Crippen molar-refractivity contribution in [2.75, 3.05) is 23.7 Å². The lowest BCUT2D eigenvalue weighted by atomic mass is 9.97. The third kappa shape index (κ3) is 2.54. The molecule has 1 aromatic carbocycles. The van der Waals surface area contributed by atoms with Crippen molar-refractivity contribution in [2.45, 2.75) is 26.7 Å². The van der Waals surface area contributed by atoms with Crippen LogP contribution in [-0.2, 0) is 0 Å². The summed E-state index contributed by atoms with van der Waals surface area (Å²) in [5.74, 6) is 1.59. The van der Waals surface area contributed by atoms with Crippen LogP contribution in [-0.4, -0.2) is 33.1 Å². The van der Waals surface area contributed by atoms with Crippen molar-refractivity contribution in [3.05, 3.63) is 35.7 Å². The molecule has 1 aliphatic heterocycles. The maximum Gasteiger partial charge on any atom is 0.134 e. The molecule has 0 aliphatic carbocycles. The highest BCUT2D eigenvalue weighted by atomic mass is 16.3. The van der Waals surface area contributed by atoms with E-state index in [0.29, 0.717) is 11.3 Å². The quantitative estimate of drug-likeness (QED) is 0.748. The summed E-state index contributed by atoms with van der Waals surface area (Å²) in [6.45, 7) is 5.90. The summed E-state index contributed by atoms with van der Waals surface area (Å²) in [6.07, 6.45) is 3.80. The Morgan fingerprint density at radius 2 is 1.88 bits per heavy atom. The van der Waals surface area contributed by atoms with Gasteiger partial charge in [0.1, 0.15) is 29.2 Å². The molecule has 0 unspecified atom stereocenters. The molecule has 2 aromatic heterocycles. The highest BCUT2D eigenvalue weighted by Gasteiger charge is 2.21. The molecule has 3 aromatic rings. The molecule has 1 fully saturated rings. The van der Waals surface area contributed by atoms with Gasteiger partial charge in [0.2, 0.25) is 0 Å². The third-order valence-corrected chi connectivity index (χ3v) is 4.95. The van der Waals surface area contributed by atoms with Crippen LogP contribution < -0.4 is 10.6 Å². The monoisotopic (exact) mass is 335 g/mol. The van der Waals surface area contributed by atoms with E-state index in [0.717, 1.165) is 46.7 Å². The number of aromatic hydroxyl groups is 1. The van der Waals surface area contributed by atoms with Gasteiger partial charge in [0.15, 0.2) is 0 Å². The molecular weight excluding hydrogens is 314 g/mol. The van der Waals surface area contributed by atoms with Gasteiger partial charge in [-0.3, -0.25) is 0 Å². The van der Waals surface area contributed by atoms with E-state index < -0.39 is 0 Å². The molecule has 128 valence electrons. The minimum Gasteiger partial charge on any atom is -0.508 e. The van der Waals surface area contributed by atoms with Crippen LogP contribution in [0.5, 0.6) is 5.75 Å². The smallest absolute Gasteiger partial charge is 0.134 e. The van der Waals surface area contributed by atoms with Crippen molar-refractivity contribution >= 4 is 22.5 Å². The molecule has 0 bridgehead atoms. The summed E-state index contributed by atoms with van der Waals surface area (Å²) in [5, 5.41) is 11.0. The minimum absolute atomic E-state index is 0.254. The summed E-state index contributed by atoms with van der Waals surface area (Å²) < 4.78 is 0. The molecule has 6 heteroatoms. The Morgan fingerprint density at radius 3 is 2.64 bits per heavy atom. The van der Waals surface area contributed by atoms with Gasteiger partial charge in [0.05, 0.1) is 5.69 Å². The van der Waals surface area contributed by atoms with E-state index in [1.165, 1.54) is 19.2 Å². The lowest BCUT2D eigenvalue weighted by Gasteiger charge is -2.20. The van der Waals surface area contributed by atoms with E-state index in [-0.39, 0.29) is 5.75 Å². The highest BCUT2D eigenvalue weighted by Crippen LogP contribution is 2.37. The van der Waals surface area contributed by atoms with Crippen LogP contribution in [0.15, 0.2) is 24.5 Å². The van der Waals surface area contributed by atoms with Gasteiger partial charge in [-0.2, -0.15) is 0 Å². The van der Waals surface area contributed by atoms with Crippen LogP contribution in [0.25, 0.3) is 22.2 Å². The lowest BCUT2D eigenvalue weighted by molar-refractivity contribution is 0.471. The summed E-state index contributed by atoms with van der Waals surface area (Å²) in [6, 6.07) is 5.59. The van der Waals surface area contributed by atoms with Crippen LogP contribution in [0, 0.1) is 13.8 Å². The van der Waals surface area contributed by atoms with Gasteiger partial charge >= 0.3 is 0 Å². The van der Waals surface area contributed by atoms with Crippen molar-refractivity contribution in [1.29, 1.82) is 0 Å². The zero-order valence-corrected chi connectivity index (χ0v) is 14.5. The van der Waals surface area contributed by atoms with Gasteiger partial charge in [-0.25, -0.2) is 15.0 Å². The topological polar surface area (TPSA) is 88.2 Å². The fourth-order valence-electron chi connectivity index (χ4n) is 3.55. The molecule has 1 aliphatic rings. The fraction of sp³-hybridized carbons (Fsp3) is 0.316. The first-order valence-corrected chi connectivity index (χ1v) is 8.52. The second-order valence-electron chi connectivity index (χ2n) is 6.58. The first-order valence-electron chi connectivity index (χ1n) is 8.52. The zero-order chi connectivity index (χ0) is 17.6. The second kappa shape index (κ2) is 5.88. The Hall–Kier alpha value is -2.89. The SMILES string of the molecule is Cc1ccc(O)c(C)c1-c1nc(N2CCCC2)cc2c(N)ncnc12. The number of phenolic OH excluding ortho intramolecular Hbond substituents is 1. The Kier molecular flexibility index (Phi) is 3.67. The number of nitrogens with zero attached hydrogens (tertiary/aromatic N) is 4. The summed E-state index contributed by atoms with van der Waals surface area (Å²) in [7, 11) is 0. The maximum atomic E-state index is 10.2. The number of hydrogen-bond donors (Lipinski definition) is 2. The largest absolute Gasteiger partial charge is 0.508 e. The number of rotatable bonds is 2. The second-order valence-corrected chi connectivity index (χ2v) is 6.58.